The van der Waals surface area contributed by atoms with Crippen molar-refractivity contribution in [3.63, 3.8) is 0 Å². The quantitative estimate of drug-likeness (QED) is 0.714. The van der Waals surface area contributed by atoms with Crippen molar-refractivity contribution in [1.29, 1.82) is 5.26 Å². The van der Waals surface area contributed by atoms with Gasteiger partial charge in [-0.1, -0.05) is 6.07 Å². The van der Waals surface area contributed by atoms with E-state index in [2.05, 4.69) is 11.1 Å². The molecule has 1 N–H and O–H groups in total. The summed E-state index contributed by atoms with van der Waals surface area (Å²) in [5, 5.41) is 18.2. The van der Waals surface area contributed by atoms with E-state index >= 15 is 0 Å². The van der Waals surface area contributed by atoms with E-state index in [1.807, 2.05) is 12.1 Å². The zero-order chi connectivity index (χ0) is 12.3. The van der Waals surface area contributed by atoms with Gasteiger partial charge in [0, 0.05) is 19.3 Å². The molecule has 1 fully saturated rings. The molecule has 1 aromatic heterocycles. The number of aromatic nitrogens is 1. The third-order valence-corrected chi connectivity index (χ3v) is 3.26. The monoisotopic (exact) mass is 416 g/mol. The van der Waals surface area contributed by atoms with Crippen molar-refractivity contribution < 1.29 is 51.6 Å². The SMILES string of the molecule is N#CC1(c2ccccn2)CCN(C(=O)O)CC1.[CH3-].[CH3-].[CH3-].[Ce+3]. The van der Waals surface area contributed by atoms with Gasteiger partial charge in [-0.05, 0) is 25.0 Å². The molecule has 0 bridgehead atoms. The number of nitriles is 1. The summed E-state index contributed by atoms with van der Waals surface area (Å²) in [4.78, 5) is 16.4. The van der Waals surface area contributed by atoms with Gasteiger partial charge in [0.15, 0.2) is 0 Å². The van der Waals surface area contributed by atoms with E-state index in [0.717, 1.165) is 5.69 Å². The van der Waals surface area contributed by atoms with Crippen LogP contribution in [-0.2, 0) is 5.41 Å². The Morgan fingerprint density at radius 3 is 2.24 bits per heavy atom. The summed E-state index contributed by atoms with van der Waals surface area (Å²) in [7, 11) is 0. The second-order valence-electron chi connectivity index (χ2n) is 4.18. The summed E-state index contributed by atoms with van der Waals surface area (Å²) in [6.45, 7) is 0.777. The molecule has 0 saturated carbocycles. The van der Waals surface area contributed by atoms with E-state index in [1.54, 1.807) is 12.3 Å². The van der Waals surface area contributed by atoms with Crippen molar-refractivity contribution in [3.05, 3.63) is 52.4 Å². The largest absolute Gasteiger partial charge is 3.00 e. The van der Waals surface area contributed by atoms with E-state index in [1.165, 1.54) is 4.90 Å². The van der Waals surface area contributed by atoms with E-state index in [-0.39, 0.29) is 64.0 Å². The van der Waals surface area contributed by atoms with Crippen LogP contribution in [0.25, 0.3) is 0 Å². The number of carboxylic acid groups (broad SMARTS) is 1. The van der Waals surface area contributed by atoms with Gasteiger partial charge in [0.25, 0.3) is 0 Å². The summed E-state index contributed by atoms with van der Waals surface area (Å²) in [5.74, 6) is 0. The topological polar surface area (TPSA) is 77.2 Å². The molecule has 2 heterocycles. The average molecular weight is 416 g/mol. The molecule has 0 aromatic carbocycles. The Labute approximate surface area is 161 Å². The van der Waals surface area contributed by atoms with Gasteiger partial charge < -0.3 is 32.3 Å². The first-order valence-electron chi connectivity index (χ1n) is 5.48. The summed E-state index contributed by atoms with van der Waals surface area (Å²) in [6, 6.07) is 7.80. The molecule has 0 atom stereocenters. The summed E-state index contributed by atoms with van der Waals surface area (Å²) in [5.41, 5.74) is 0.111. The number of likely N-dealkylation sites (tertiary alicyclic amines) is 1. The van der Waals surface area contributed by atoms with E-state index in [0.29, 0.717) is 25.9 Å². The summed E-state index contributed by atoms with van der Waals surface area (Å²) < 4.78 is 0. The third kappa shape index (κ3) is 5.53. The van der Waals surface area contributed by atoms with Gasteiger partial charge in [0.05, 0.1) is 11.8 Å². The number of hydrogen-bond acceptors (Lipinski definition) is 3. The minimum Gasteiger partial charge on any atom is -0.465 e. The fourth-order valence-electron chi connectivity index (χ4n) is 2.15. The zero-order valence-corrected chi connectivity index (χ0v) is 16.0. The number of carbonyl (C=O) groups is 1. The molecule has 1 aliphatic rings. The van der Waals surface area contributed by atoms with Crippen LogP contribution in [0.1, 0.15) is 18.5 Å². The number of nitrogens with zero attached hydrogens (tertiary/aromatic N) is 3. The van der Waals surface area contributed by atoms with Crippen LogP contribution < -0.4 is 0 Å². The molecule has 1 aliphatic heterocycles. The van der Waals surface area contributed by atoms with Gasteiger partial charge in [-0.3, -0.25) is 4.98 Å². The molecule has 1 saturated heterocycles. The number of hydrogen-bond donors (Lipinski definition) is 1. The Hall–Kier alpha value is -0.713. The maximum Gasteiger partial charge on any atom is 3.00 e. The number of pyridine rings is 1. The molecule has 2 rings (SSSR count). The van der Waals surface area contributed by atoms with Gasteiger partial charge in [0.1, 0.15) is 5.41 Å². The minimum absolute atomic E-state index is 0. The van der Waals surface area contributed by atoms with E-state index in [4.69, 9.17) is 5.11 Å². The van der Waals surface area contributed by atoms with E-state index < -0.39 is 11.5 Å². The maximum atomic E-state index is 10.8. The first-order valence-corrected chi connectivity index (χ1v) is 5.48. The Bertz CT molecular complexity index is 452. The third-order valence-electron chi connectivity index (χ3n) is 3.26. The normalized spacial score (nSPS) is 14.9. The molecule has 1 amide bonds. The van der Waals surface area contributed by atoms with Crippen molar-refractivity contribution in [1.82, 2.24) is 9.88 Å². The Morgan fingerprint density at radius 1 is 1.29 bits per heavy atom. The zero-order valence-electron chi connectivity index (χ0n) is 12.8. The van der Waals surface area contributed by atoms with Crippen LogP contribution in [0, 0.1) is 75.4 Å². The maximum absolute atomic E-state index is 10.8. The molecular weight excluding hydrogens is 394 g/mol. The predicted octanol–water partition coefficient (Wildman–Crippen LogP) is 2.97. The second kappa shape index (κ2) is 10.9. The van der Waals surface area contributed by atoms with Crippen LogP contribution in [0.3, 0.4) is 0 Å². The number of amides is 1. The van der Waals surface area contributed by atoms with Crippen LogP contribution in [0.5, 0.6) is 0 Å². The van der Waals surface area contributed by atoms with Crippen LogP contribution >= 0.6 is 0 Å². The van der Waals surface area contributed by atoms with Crippen molar-refractivity contribution in [2.45, 2.75) is 18.3 Å². The van der Waals surface area contributed by atoms with Crippen LogP contribution in [0.2, 0.25) is 0 Å². The molecule has 0 unspecified atom stereocenters. The van der Waals surface area contributed by atoms with Gasteiger partial charge in [-0.15, -0.1) is 0 Å². The molecule has 0 aliphatic carbocycles. The Kier molecular flexibility index (Phi) is 13.1. The fraction of sp³-hybridized carbons (Fsp3) is 0.333. The molecule has 1 aromatic rings. The summed E-state index contributed by atoms with van der Waals surface area (Å²) in [6.07, 6.45) is 1.76. The molecule has 0 spiro atoms. The smallest absolute Gasteiger partial charge is 0.465 e. The number of rotatable bonds is 1. The summed E-state index contributed by atoms with van der Waals surface area (Å²) >= 11 is 0. The average Bonchev–Trinajstić information content (AvgIpc) is 2.40. The molecule has 1 radical (unpaired) electrons. The predicted molar refractivity (Wildman–Crippen MR) is 79.6 cm³/mol. The van der Waals surface area contributed by atoms with Crippen molar-refractivity contribution in [3.8, 4) is 6.07 Å². The molecule has 21 heavy (non-hydrogen) atoms. The van der Waals surface area contributed by atoms with Crippen LogP contribution in [0.15, 0.2) is 24.4 Å². The van der Waals surface area contributed by atoms with E-state index in [9.17, 15) is 10.1 Å². The van der Waals surface area contributed by atoms with Gasteiger partial charge in [-0.2, -0.15) is 5.26 Å². The minimum atomic E-state index is -0.919. The van der Waals surface area contributed by atoms with Gasteiger partial charge >= 0.3 is 47.8 Å². The molecule has 113 valence electrons. The first kappa shape index (κ1) is 25.3. The van der Waals surface area contributed by atoms with Crippen molar-refractivity contribution >= 4 is 6.09 Å². The van der Waals surface area contributed by atoms with Crippen LogP contribution in [-0.4, -0.2) is 34.2 Å². The molecule has 5 nitrogen and oxygen atoms in total. The Morgan fingerprint density at radius 2 is 1.86 bits per heavy atom. The second-order valence-corrected chi connectivity index (χ2v) is 4.18. The van der Waals surface area contributed by atoms with Gasteiger partial charge in [-0.25, -0.2) is 4.79 Å². The fourth-order valence-corrected chi connectivity index (χ4v) is 2.15. The molecular formula is C15H22CeN3O2. The van der Waals surface area contributed by atoms with Gasteiger partial charge in [0.2, 0.25) is 0 Å². The standard InChI is InChI=1S/C12H13N3O2.3CH3.Ce/c13-9-12(10-3-1-2-6-14-10)4-7-15(8-5-12)11(16)17;;;;/h1-3,6H,4-5,7-8H2,(H,16,17);3*1H3;/q;3*-1;+3. The van der Waals surface area contributed by atoms with Crippen molar-refractivity contribution in [2.24, 2.45) is 0 Å². The van der Waals surface area contributed by atoms with Crippen LogP contribution in [0.4, 0.5) is 4.79 Å². The number of piperidine rings is 1. The van der Waals surface area contributed by atoms with Crippen molar-refractivity contribution in [2.75, 3.05) is 13.1 Å². The molecule has 6 heteroatoms. The Balaban J connectivity index is -0.000000810. The first-order chi connectivity index (χ1) is 8.18.